The Morgan fingerprint density at radius 1 is 0.483 bits per heavy atom. The molecule has 4 aromatic carbocycles. The molecule has 0 atom stereocenters. The number of nitrogens with one attached hydrogen (secondary N) is 1. The minimum absolute atomic E-state index is 0. The molecule has 0 heterocycles. The molecule has 0 unspecified atom stereocenters. The predicted octanol–water partition coefficient (Wildman–Crippen LogP) is 2.57. The van der Waals surface area contributed by atoms with Gasteiger partial charge in [0.05, 0.1) is 5.82 Å². The Hall–Kier alpha value is -2.67. The van der Waals surface area contributed by atoms with Gasteiger partial charge in [-0.15, -0.1) is 0 Å². The van der Waals surface area contributed by atoms with E-state index in [1.807, 2.05) is 18.2 Å². The Morgan fingerprint density at radius 3 is 1.21 bits per heavy atom. The Balaban J connectivity index is 0.00000240. The van der Waals surface area contributed by atoms with Gasteiger partial charge in [0.1, 0.15) is 23.2 Å². The van der Waals surface area contributed by atoms with E-state index < -0.39 is 7.26 Å². The summed E-state index contributed by atoms with van der Waals surface area (Å²) in [6.45, 7) is 0. The van der Waals surface area contributed by atoms with Crippen LogP contribution in [0.25, 0.3) is 0 Å². The minimum Gasteiger partial charge on any atom is -1.00 e. The van der Waals surface area contributed by atoms with Gasteiger partial charge in [0.2, 0.25) is 0 Å². The lowest BCUT2D eigenvalue weighted by Gasteiger charge is -2.24. The highest BCUT2D eigenvalue weighted by atomic mass is 79.9. The summed E-state index contributed by atoms with van der Waals surface area (Å²) in [4.78, 5) is 0. The SMILES string of the molecule is C(=C\[P+](c1ccccc1)(c1ccccc1)c1ccccc1)/Nc1ccccc1.[Br-]. The van der Waals surface area contributed by atoms with Crippen LogP contribution in [0.1, 0.15) is 0 Å². The van der Waals surface area contributed by atoms with Crippen LogP contribution < -0.4 is 38.2 Å². The fourth-order valence-corrected chi connectivity index (χ4v) is 7.11. The van der Waals surface area contributed by atoms with E-state index in [9.17, 15) is 0 Å². The van der Waals surface area contributed by atoms with Crippen molar-refractivity contribution in [1.29, 1.82) is 0 Å². The fourth-order valence-electron chi connectivity index (χ4n) is 3.47. The van der Waals surface area contributed by atoms with Crippen molar-refractivity contribution in [2.24, 2.45) is 0 Å². The molecule has 0 bridgehead atoms. The molecule has 0 aliphatic rings. The molecule has 0 saturated carbocycles. The summed E-state index contributed by atoms with van der Waals surface area (Å²) in [6, 6.07) is 42.8. The highest BCUT2D eigenvalue weighted by molar-refractivity contribution is 7.98. The van der Waals surface area contributed by atoms with Gasteiger partial charge in [0.25, 0.3) is 0 Å². The van der Waals surface area contributed by atoms with Gasteiger partial charge in [-0.05, 0) is 48.5 Å². The Morgan fingerprint density at radius 2 is 0.828 bits per heavy atom. The molecule has 0 saturated heterocycles. The molecule has 29 heavy (non-hydrogen) atoms. The van der Waals surface area contributed by atoms with E-state index in [-0.39, 0.29) is 17.0 Å². The molecule has 0 fully saturated rings. The summed E-state index contributed by atoms with van der Waals surface area (Å²) in [5.74, 6) is 2.38. The second-order valence-corrected chi connectivity index (χ2v) is 9.85. The van der Waals surface area contributed by atoms with Gasteiger partial charge in [0.15, 0.2) is 0 Å². The Bertz CT molecular complexity index is 923. The lowest BCUT2D eigenvalue weighted by molar-refractivity contribution is -0.00000534. The summed E-state index contributed by atoms with van der Waals surface area (Å²) in [7, 11) is -1.93. The van der Waals surface area contributed by atoms with Crippen LogP contribution in [0.2, 0.25) is 0 Å². The molecular weight excluding hydrogens is 437 g/mol. The maximum absolute atomic E-state index is 3.46. The number of anilines is 1. The van der Waals surface area contributed by atoms with Crippen LogP contribution >= 0.6 is 7.26 Å². The average Bonchev–Trinajstić information content (AvgIpc) is 2.79. The van der Waals surface area contributed by atoms with E-state index in [0.717, 1.165) is 5.69 Å². The van der Waals surface area contributed by atoms with Crippen LogP contribution in [-0.4, -0.2) is 0 Å². The van der Waals surface area contributed by atoms with E-state index >= 15 is 0 Å². The summed E-state index contributed by atoms with van der Waals surface area (Å²) in [5, 5.41) is 7.49. The number of hydrogen-bond donors (Lipinski definition) is 1. The van der Waals surface area contributed by atoms with Crippen LogP contribution in [0.4, 0.5) is 5.69 Å². The lowest BCUT2D eigenvalue weighted by atomic mass is 10.3. The summed E-state index contributed by atoms with van der Waals surface area (Å²) < 4.78 is 0. The van der Waals surface area contributed by atoms with Crippen molar-refractivity contribution in [3.63, 3.8) is 0 Å². The second kappa shape index (κ2) is 10.2. The first-order valence-electron chi connectivity index (χ1n) is 9.44. The molecule has 0 aliphatic carbocycles. The normalized spacial score (nSPS) is 11.0. The van der Waals surface area contributed by atoms with E-state index in [0.29, 0.717) is 0 Å². The van der Waals surface area contributed by atoms with Gasteiger partial charge in [-0.25, -0.2) is 0 Å². The molecule has 1 N–H and O–H groups in total. The molecule has 4 aromatic rings. The standard InChI is InChI=1S/C26H23NP.BrH/c1-5-13-23(14-6-1)27-21-22-28(24-15-7-2-8-16-24,25-17-9-3-10-18-25)26-19-11-4-12-20-26;/h1-22,27H;1H/q+1;/p-1/b22-21+;. The quantitative estimate of drug-likeness (QED) is 0.437. The number of halogens is 1. The van der Waals surface area contributed by atoms with Crippen LogP contribution in [0.15, 0.2) is 133 Å². The van der Waals surface area contributed by atoms with Crippen molar-refractivity contribution in [2.45, 2.75) is 0 Å². The first-order chi connectivity index (χ1) is 13.9. The zero-order valence-corrected chi connectivity index (χ0v) is 18.5. The molecule has 144 valence electrons. The summed E-state index contributed by atoms with van der Waals surface area (Å²) in [5.41, 5.74) is 1.09. The van der Waals surface area contributed by atoms with Crippen molar-refractivity contribution < 1.29 is 17.0 Å². The molecule has 0 amide bonds. The minimum atomic E-state index is -1.93. The molecule has 3 heteroatoms. The maximum Gasteiger partial charge on any atom is 0.138 e. The molecule has 0 aromatic heterocycles. The van der Waals surface area contributed by atoms with Crippen LogP contribution in [-0.2, 0) is 0 Å². The molecule has 0 aliphatic heterocycles. The predicted molar refractivity (Wildman–Crippen MR) is 124 cm³/mol. The molecule has 0 radical (unpaired) electrons. The Kier molecular flexibility index (Phi) is 7.41. The monoisotopic (exact) mass is 459 g/mol. The highest BCUT2D eigenvalue weighted by Crippen LogP contribution is 2.56. The van der Waals surface area contributed by atoms with Crippen molar-refractivity contribution in [3.05, 3.63) is 133 Å². The van der Waals surface area contributed by atoms with Crippen molar-refractivity contribution in [1.82, 2.24) is 0 Å². The number of para-hydroxylation sites is 1. The molecule has 1 nitrogen and oxygen atoms in total. The van der Waals surface area contributed by atoms with Gasteiger partial charge in [-0.1, -0.05) is 72.8 Å². The first-order valence-corrected chi connectivity index (χ1v) is 11.3. The van der Waals surface area contributed by atoms with Gasteiger partial charge in [0, 0.05) is 11.9 Å². The van der Waals surface area contributed by atoms with E-state index in [4.69, 9.17) is 0 Å². The first kappa shape index (κ1) is 21.0. The van der Waals surface area contributed by atoms with Crippen LogP contribution in [0.3, 0.4) is 0 Å². The van der Waals surface area contributed by atoms with Gasteiger partial charge in [-0.2, -0.15) is 0 Å². The highest BCUT2D eigenvalue weighted by Gasteiger charge is 2.43. The topological polar surface area (TPSA) is 12.0 Å². The maximum atomic E-state index is 3.46. The molecule has 0 spiro atoms. The number of hydrogen-bond acceptors (Lipinski definition) is 1. The average molecular weight is 460 g/mol. The van der Waals surface area contributed by atoms with Crippen molar-refractivity contribution in [3.8, 4) is 0 Å². The van der Waals surface area contributed by atoms with Gasteiger partial charge >= 0.3 is 0 Å². The van der Waals surface area contributed by atoms with Crippen molar-refractivity contribution >= 4 is 28.9 Å². The zero-order valence-electron chi connectivity index (χ0n) is 16.0. The largest absolute Gasteiger partial charge is 1.00 e. The van der Waals surface area contributed by atoms with Gasteiger partial charge < -0.3 is 22.3 Å². The van der Waals surface area contributed by atoms with E-state index in [1.165, 1.54) is 15.9 Å². The van der Waals surface area contributed by atoms with Crippen molar-refractivity contribution in [2.75, 3.05) is 5.32 Å². The van der Waals surface area contributed by atoms with Gasteiger partial charge in [-0.3, -0.25) is 0 Å². The Labute approximate surface area is 184 Å². The third kappa shape index (κ3) is 4.67. The lowest BCUT2D eigenvalue weighted by Crippen LogP contribution is -3.00. The zero-order chi connectivity index (χ0) is 19.1. The van der Waals surface area contributed by atoms with E-state index in [2.05, 4.69) is 120 Å². The summed E-state index contributed by atoms with van der Waals surface area (Å²) >= 11 is 0. The number of rotatable bonds is 6. The molecule has 4 rings (SSSR count). The van der Waals surface area contributed by atoms with Crippen LogP contribution in [0.5, 0.6) is 0 Å². The van der Waals surface area contributed by atoms with E-state index in [1.54, 1.807) is 0 Å². The third-order valence-corrected chi connectivity index (χ3v) is 8.75. The fraction of sp³-hybridized carbons (Fsp3) is 0. The number of benzene rings is 4. The second-order valence-electron chi connectivity index (χ2n) is 6.56. The molecular formula is C26H23BrNP. The van der Waals surface area contributed by atoms with Crippen LogP contribution in [0, 0.1) is 0 Å². The summed E-state index contributed by atoms with van der Waals surface area (Å²) in [6.07, 6.45) is 2.11. The third-order valence-electron chi connectivity index (χ3n) is 4.81. The smallest absolute Gasteiger partial charge is 0.138 e.